The smallest absolute Gasteiger partial charge is 0.338 e. The lowest BCUT2D eigenvalue weighted by Gasteiger charge is -2.34. The summed E-state index contributed by atoms with van der Waals surface area (Å²) in [5, 5.41) is 8.94. The molecule has 0 radical (unpaired) electrons. The second-order valence-electron chi connectivity index (χ2n) is 7.76. The summed E-state index contributed by atoms with van der Waals surface area (Å²) in [6.45, 7) is 6.08. The number of hydrogen-bond donors (Lipinski definition) is 0. The molecular weight excluding hydrogens is 405 g/mol. The average molecular weight is 428 g/mol. The van der Waals surface area contributed by atoms with Crippen LogP contribution in [0, 0.1) is 17.1 Å². The minimum absolute atomic E-state index is 0.0140. The van der Waals surface area contributed by atoms with Crippen molar-refractivity contribution in [2.75, 3.05) is 39.3 Å². The molecule has 7 heteroatoms. The summed E-state index contributed by atoms with van der Waals surface area (Å²) in [5.41, 5.74) is 3.64. The lowest BCUT2D eigenvalue weighted by Crippen LogP contribution is -2.47. The van der Waals surface area contributed by atoms with E-state index < -0.39 is 5.82 Å². The monoisotopic (exact) mass is 427 g/mol. The molecule has 0 aliphatic carbocycles. The maximum absolute atomic E-state index is 14.0. The molecule has 0 amide bonds. The molecule has 2 aromatic rings. The molecule has 2 aromatic carbocycles. The van der Waals surface area contributed by atoms with Gasteiger partial charge in [0, 0.05) is 44.8 Å². The first kappa shape index (κ1) is 20.8. The number of fused-ring (bicyclic) bond motifs is 1. The largest absolute Gasteiger partial charge is 0.457 e. The highest BCUT2D eigenvalue weighted by atomic mass is 35.5. The number of esters is 1. The number of hydrogen-bond acceptors (Lipinski definition) is 5. The van der Waals surface area contributed by atoms with Crippen LogP contribution in [0.4, 0.5) is 4.39 Å². The van der Waals surface area contributed by atoms with E-state index in [1.807, 2.05) is 18.2 Å². The first-order chi connectivity index (χ1) is 14.5. The fourth-order valence-electron chi connectivity index (χ4n) is 4.01. The van der Waals surface area contributed by atoms with Crippen LogP contribution in [0.15, 0.2) is 30.3 Å². The van der Waals surface area contributed by atoms with Crippen molar-refractivity contribution in [3.8, 4) is 6.07 Å². The number of nitriles is 1. The third kappa shape index (κ3) is 4.49. The molecule has 0 bridgehead atoms. The Morgan fingerprint density at radius 3 is 2.47 bits per heavy atom. The standard InChI is InChI=1S/C23H23ClFN3O2/c24-21-17(2-3-18(14-26)22(21)25)6-8-28-11-9-27(10-12-28)7-5-16-1-4-20-19(13-16)15-30-23(20)29/h1-4,13H,5-12,15H2. The van der Waals surface area contributed by atoms with Gasteiger partial charge in [-0.3, -0.25) is 0 Å². The predicted octanol–water partition coefficient (Wildman–Crippen LogP) is 3.42. The SMILES string of the molecule is N#Cc1ccc(CCN2CCN(CCc3ccc4c(c3)COC4=O)CC2)c(Cl)c1F. The molecule has 30 heavy (non-hydrogen) atoms. The van der Waals surface area contributed by atoms with Gasteiger partial charge in [0.15, 0.2) is 5.82 Å². The van der Waals surface area contributed by atoms with Crippen molar-refractivity contribution < 1.29 is 13.9 Å². The number of ether oxygens (including phenoxy) is 1. The molecule has 0 saturated carbocycles. The first-order valence-electron chi connectivity index (χ1n) is 10.2. The van der Waals surface area contributed by atoms with Gasteiger partial charge in [-0.2, -0.15) is 5.26 Å². The zero-order chi connectivity index (χ0) is 21.1. The van der Waals surface area contributed by atoms with Gasteiger partial charge in [-0.15, -0.1) is 0 Å². The molecule has 0 N–H and O–H groups in total. The fraction of sp³-hybridized carbons (Fsp3) is 0.391. The van der Waals surface area contributed by atoms with Crippen molar-refractivity contribution in [3.05, 3.63) is 69.0 Å². The van der Waals surface area contributed by atoms with Crippen LogP contribution in [0.1, 0.15) is 32.6 Å². The van der Waals surface area contributed by atoms with Gasteiger partial charge in [0.05, 0.1) is 16.1 Å². The number of carbonyl (C=O) groups excluding carboxylic acids is 1. The van der Waals surface area contributed by atoms with Gasteiger partial charge in [0.25, 0.3) is 0 Å². The topological polar surface area (TPSA) is 56.6 Å². The van der Waals surface area contributed by atoms with Crippen molar-refractivity contribution in [1.29, 1.82) is 5.26 Å². The van der Waals surface area contributed by atoms with E-state index >= 15 is 0 Å². The van der Waals surface area contributed by atoms with E-state index in [0.717, 1.165) is 56.8 Å². The van der Waals surface area contributed by atoms with Crippen molar-refractivity contribution in [3.63, 3.8) is 0 Å². The van der Waals surface area contributed by atoms with Gasteiger partial charge in [0.2, 0.25) is 0 Å². The number of carbonyl (C=O) groups is 1. The molecule has 5 nitrogen and oxygen atoms in total. The van der Waals surface area contributed by atoms with Gasteiger partial charge in [-0.1, -0.05) is 29.8 Å². The molecule has 1 fully saturated rings. The summed E-state index contributed by atoms with van der Waals surface area (Å²) in [6, 6.07) is 11.0. The van der Waals surface area contributed by atoms with E-state index in [2.05, 4.69) is 15.9 Å². The number of rotatable bonds is 6. The van der Waals surface area contributed by atoms with Crippen molar-refractivity contribution in [1.82, 2.24) is 9.80 Å². The Morgan fingerprint density at radius 1 is 1.07 bits per heavy atom. The van der Waals surface area contributed by atoms with Crippen molar-refractivity contribution >= 4 is 17.6 Å². The second-order valence-corrected chi connectivity index (χ2v) is 8.14. The second kappa shape index (κ2) is 9.13. The van der Waals surface area contributed by atoms with Crippen LogP contribution < -0.4 is 0 Å². The van der Waals surface area contributed by atoms with Crippen molar-refractivity contribution in [2.45, 2.75) is 19.4 Å². The summed E-state index contributed by atoms with van der Waals surface area (Å²) in [4.78, 5) is 16.4. The number of nitrogens with zero attached hydrogens (tertiary/aromatic N) is 3. The van der Waals surface area contributed by atoms with Gasteiger partial charge < -0.3 is 14.5 Å². The molecule has 2 heterocycles. The Kier molecular flexibility index (Phi) is 6.33. The van der Waals surface area contributed by atoms with Crippen LogP contribution in [0.2, 0.25) is 5.02 Å². The minimum Gasteiger partial charge on any atom is -0.457 e. The minimum atomic E-state index is -0.621. The molecule has 1 saturated heterocycles. The zero-order valence-corrected chi connectivity index (χ0v) is 17.4. The molecule has 0 atom stereocenters. The molecule has 0 spiro atoms. The molecule has 2 aliphatic rings. The van der Waals surface area contributed by atoms with Gasteiger partial charge in [-0.25, -0.2) is 9.18 Å². The Labute approximate surface area is 180 Å². The van der Waals surface area contributed by atoms with E-state index in [1.165, 1.54) is 11.6 Å². The fourth-order valence-corrected chi connectivity index (χ4v) is 4.27. The zero-order valence-electron chi connectivity index (χ0n) is 16.7. The third-order valence-electron chi connectivity index (χ3n) is 5.91. The highest BCUT2D eigenvalue weighted by Crippen LogP contribution is 2.24. The van der Waals surface area contributed by atoms with Crippen LogP contribution in [0.3, 0.4) is 0 Å². The van der Waals surface area contributed by atoms with Crippen LogP contribution >= 0.6 is 11.6 Å². The van der Waals surface area contributed by atoms with Gasteiger partial charge in [0.1, 0.15) is 12.7 Å². The number of halogens is 2. The predicted molar refractivity (Wildman–Crippen MR) is 112 cm³/mol. The van der Waals surface area contributed by atoms with Crippen LogP contribution in [-0.4, -0.2) is 55.0 Å². The average Bonchev–Trinajstić information content (AvgIpc) is 3.14. The third-order valence-corrected chi connectivity index (χ3v) is 6.32. The maximum Gasteiger partial charge on any atom is 0.338 e. The Hall–Kier alpha value is -2.46. The molecule has 2 aliphatic heterocycles. The maximum atomic E-state index is 14.0. The van der Waals surface area contributed by atoms with Gasteiger partial charge in [-0.05, 0) is 36.1 Å². The van der Waals surface area contributed by atoms with Crippen LogP contribution in [0.5, 0.6) is 0 Å². The molecular formula is C23H23ClFN3O2. The first-order valence-corrected chi connectivity index (χ1v) is 10.5. The van der Waals surface area contributed by atoms with E-state index in [9.17, 15) is 9.18 Å². The summed E-state index contributed by atoms with van der Waals surface area (Å²) < 4.78 is 19.1. The number of benzene rings is 2. The Balaban J connectivity index is 1.22. The number of cyclic esters (lactones) is 1. The van der Waals surface area contributed by atoms with Gasteiger partial charge >= 0.3 is 5.97 Å². The summed E-state index contributed by atoms with van der Waals surface area (Å²) in [7, 11) is 0. The Morgan fingerprint density at radius 2 is 1.77 bits per heavy atom. The Bertz CT molecular complexity index is 997. The lowest BCUT2D eigenvalue weighted by molar-refractivity contribution is 0.0535. The van der Waals surface area contributed by atoms with Crippen LogP contribution in [0.25, 0.3) is 0 Å². The summed E-state index contributed by atoms with van der Waals surface area (Å²) >= 11 is 6.08. The molecule has 4 rings (SSSR count). The normalized spacial score (nSPS) is 16.9. The molecule has 0 aromatic heterocycles. The molecule has 0 unspecified atom stereocenters. The van der Waals surface area contributed by atoms with Crippen LogP contribution in [-0.2, 0) is 24.2 Å². The quantitative estimate of drug-likeness (QED) is 0.661. The number of piperazine rings is 1. The van der Waals surface area contributed by atoms with E-state index in [0.29, 0.717) is 18.6 Å². The summed E-state index contributed by atoms with van der Waals surface area (Å²) in [5.74, 6) is -0.846. The van der Waals surface area contributed by atoms with E-state index in [4.69, 9.17) is 21.6 Å². The molecule has 156 valence electrons. The highest BCUT2D eigenvalue weighted by Gasteiger charge is 2.21. The lowest BCUT2D eigenvalue weighted by atomic mass is 10.0. The van der Waals surface area contributed by atoms with E-state index in [1.54, 1.807) is 6.07 Å². The van der Waals surface area contributed by atoms with Crippen molar-refractivity contribution in [2.24, 2.45) is 0 Å². The van der Waals surface area contributed by atoms with E-state index in [-0.39, 0.29) is 16.6 Å². The summed E-state index contributed by atoms with van der Waals surface area (Å²) in [6.07, 6.45) is 1.61. The highest BCUT2D eigenvalue weighted by molar-refractivity contribution is 6.31.